The second-order valence-corrected chi connectivity index (χ2v) is 3.87. The molecule has 1 aliphatic heterocycles. The lowest BCUT2D eigenvalue weighted by Crippen LogP contribution is -2.43. The molecule has 84 valence electrons. The van der Waals surface area contributed by atoms with Gasteiger partial charge in [-0.2, -0.15) is 0 Å². The second-order valence-electron chi connectivity index (χ2n) is 3.87. The van der Waals surface area contributed by atoms with E-state index in [0.29, 0.717) is 13.1 Å². The third-order valence-corrected chi connectivity index (χ3v) is 2.76. The molecular formula is C9H16N4O2. The van der Waals surface area contributed by atoms with E-state index in [2.05, 4.69) is 10.0 Å². The Hall–Kier alpha value is -1.26. The first-order valence-corrected chi connectivity index (χ1v) is 5.12. The molecule has 1 aliphatic rings. The van der Waals surface area contributed by atoms with Crippen molar-refractivity contribution in [1.82, 2.24) is 4.90 Å². The quantitative estimate of drug-likeness (QED) is 0.428. The molecule has 1 heterocycles. The van der Waals surface area contributed by atoms with Crippen LogP contribution >= 0.6 is 0 Å². The summed E-state index contributed by atoms with van der Waals surface area (Å²) in [5, 5.41) is 12.7. The molecule has 1 rings (SSSR count). The highest BCUT2D eigenvalue weighted by atomic mass is 16.3. The Morgan fingerprint density at radius 1 is 1.80 bits per heavy atom. The molecule has 1 amide bonds. The van der Waals surface area contributed by atoms with Crippen molar-refractivity contribution >= 4 is 5.91 Å². The summed E-state index contributed by atoms with van der Waals surface area (Å²) in [7, 11) is 0. The van der Waals surface area contributed by atoms with Crippen molar-refractivity contribution in [3.63, 3.8) is 0 Å². The van der Waals surface area contributed by atoms with E-state index in [1.54, 1.807) is 11.8 Å². The number of piperidine rings is 1. The average Bonchev–Trinajstić information content (AvgIpc) is 2.26. The van der Waals surface area contributed by atoms with Crippen molar-refractivity contribution < 1.29 is 9.90 Å². The van der Waals surface area contributed by atoms with Gasteiger partial charge in [-0.25, -0.2) is 0 Å². The number of aliphatic hydroxyl groups excluding tert-OH is 1. The third-order valence-electron chi connectivity index (χ3n) is 2.76. The first kappa shape index (κ1) is 11.8. The topological polar surface area (TPSA) is 89.3 Å². The zero-order chi connectivity index (χ0) is 11.3. The van der Waals surface area contributed by atoms with Gasteiger partial charge in [0.05, 0.1) is 6.10 Å². The van der Waals surface area contributed by atoms with Crippen molar-refractivity contribution in [1.29, 1.82) is 0 Å². The van der Waals surface area contributed by atoms with Crippen LogP contribution in [0.1, 0.15) is 19.8 Å². The lowest BCUT2D eigenvalue weighted by molar-refractivity contribution is -0.132. The zero-order valence-corrected chi connectivity index (χ0v) is 8.83. The standard InChI is InChI=1S/C9H16N4O2/c1-7(14)8-3-2-4-13(6-8)9(15)5-11-12-10/h7-8,14H,2-6H2,1H3. The molecule has 2 unspecified atom stereocenters. The van der Waals surface area contributed by atoms with Crippen molar-refractivity contribution in [3.8, 4) is 0 Å². The minimum atomic E-state index is -0.389. The fourth-order valence-corrected chi connectivity index (χ4v) is 1.82. The van der Waals surface area contributed by atoms with Gasteiger partial charge >= 0.3 is 0 Å². The first-order valence-electron chi connectivity index (χ1n) is 5.12. The normalized spacial score (nSPS) is 23.1. The molecule has 1 saturated heterocycles. The maximum atomic E-state index is 11.5. The maximum absolute atomic E-state index is 11.5. The molecule has 1 N–H and O–H groups in total. The van der Waals surface area contributed by atoms with Crippen LogP contribution in [0.3, 0.4) is 0 Å². The summed E-state index contributed by atoms with van der Waals surface area (Å²) in [6.07, 6.45) is 1.46. The van der Waals surface area contributed by atoms with Crippen LogP contribution in [0.15, 0.2) is 5.11 Å². The van der Waals surface area contributed by atoms with E-state index < -0.39 is 0 Å². The van der Waals surface area contributed by atoms with Crippen molar-refractivity contribution in [2.45, 2.75) is 25.9 Å². The van der Waals surface area contributed by atoms with Crippen LogP contribution in [0, 0.1) is 5.92 Å². The van der Waals surface area contributed by atoms with Gasteiger partial charge in [0, 0.05) is 23.9 Å². The summed E-state index contributed by atoms with van der Waals surface area (Å²) < 4.78 is 0. The van der Waals surface area contributed by atoms with Gasteiger partial charge in [-0.05, 0) is 25.3 Å². The molecule has 6 nitrogen and oxygen atoms in total. The number of hydrogen-bond acceptors (Lipinski definition) is 3. The predicted molar refractivity (Wildman–Crippen MR) is 55.0 cm³/mol. The number of carbonyl (C=O) groups excluding carboxylic acids is 1. The predicted octanol–water partition coefficient (Wildman–Crippen LogP) is 0.916. The Kier molecular flexibility index (Phi) is 4.39. The van der Waals surface area contributed by atoms with E-state index in [9.17, 15) is 9.90 Å². The first-order chi connectivity index (χ1) is 7.15. The molecule has 0 aromatic rings. The van der Waals surface area contributed by atoms with Crippen LogP contribution in [-0.4, -0.2) is 41.7 Å². The van der Waals surface area contributed by atoms with Crippen LogP contribution in [0.2, 0.25) is 0 Å². The maximum Gasteiger partial charge on any atom is 0.228 e. The van der Waals surface area contributed by atoms with E-state index >= 15 is 0 Å². The highest BCUT2D eigenvalue weighted by molar-refractivity contribution is 5.78. The van der Waals surface area contributed by atoms with Gasteiger partial charge in [0.25, 0.3) is 0 Å². The molecule has 2 atom stereocenters. The highest BCUT2D eigenvalue weighted by Gasteiger charge is 2.25. The van der Waals surface area contributed by atoms with Crippen LogP contribution in [0.5, 0.6) is 0 Å². The molecule has 0 aromatic carbocycles. The Labute approximate surface area is 88.5 Å². The van der Waals surface area contributed by atoms with E-state index in [-0.39, 0.29) is 24.5 Å². The number of azide groups is 1. The van der Waals surface area contributed by atoms with Gasteiger partial charge in [0.15, 0.2) is 0 Å². The Morgan fingerprint density at radius 3 is 3.13 bits per heavy atom. The molecule has 0 aliphatic carbocycles. The number of aliphatic hydroxyl groups is 1. The van der Waals surface area contributed by atoms with Crippen molar-refractivity contribution in [2.24, 2.45) is 11.0 Å². The number of carbonyl (C=O) groups is 1. The van der Waals surface area contributed by atoms with Gasteiger partial charge < -0.3 is 10.0 Å². The van der Waals surface area contributed by atoms with Gasteiger partial charge in [-0.15, -0.1) is 0 Å². The van der Waals surface area contributed by atoms with E-state index in [4.69, 9.17) is 5.53 Å². The largest absolute Gasteiger partial charge is 0.393 e. The fourth-order valence-electron chi connectivity index (χ4n) is 1.82. The highest BCUT2D eigenvalue weighted by Crippen LogP contribution is 2.19. The minimum Gasteiger partial charge on any atom is -0.393 e. The molecule has 0 aromatic heterocycles. The molecule has 6 heteroatoms. The summed E-state index contributed by atoms with van der Waals surface area (Å²) >= 11 is 0. The van der Waals surface area contributed by atoms with Gasteiger partial charge in [0.1, 0.15) is 6.54 Å². The van der Waals surface area contributed by atoms with Crippen molar-refractivity contribution in [3.05, 3.63) is 10.4 Å². The minimum absolute atomic E-state index is 0.122. The molecule has 0 radical (unpaired) electrons. The van der Waals surface area contributed by atoms with Gasteiger partial charge in [-0.3, -0.25) is 4.79 Å². The van der Waals surface area contributed by atoms with Crippen LogP contribution in [0.25, 0.3) is 10.4 Å². The summed E-state index contributed by atoms with van der Waals surface area (Å²) in [5.74, 6) is -0.00749. The fraction of sp³-hybridized carbons (Fsp3) is 0.889. The molecule has 0 spiro atoms. The SMILES string of the molecule is CC(O)C1CCCN(C(=O)CN=[N+]=[N-])C1. The van der Waals surface area contributed by atoms with Crippen LogP contribution in [0.4, 0.5) is 0 Å². The zero-order valence-electron chi connectivity index (χ0n) is 8.83. The number of rotatable bonds is 3. The van der Waals surface area contributed by atoms with E-state index in [0.717, 1.165) is 12.8 Å². The van der Waals surface area contributed by atoms with Gasteiger partial charge in [0.2, 0.25) is 5.91 Å². The Balaban J connectivity index is 2.48. The Bertz CT molecular complexity index is 273. The molecule has 0 bridgehead atoms. The van der Waals surface area contributed by atoms with E-state index in [1.807, 2.05) is 0 Å². The second kappa shape index (κ2) is 5.58. The molecule has 0 saturated carbocycles. The lowest BCUT2D eigenvalue weighted by atomic mass is 9.93. The van der Waals surface area contributed by atoms with Crippen LogP contribution in [-0.2, 0) is 4.79 Å². The number of amides is 1. The van der Waals surface area contributed by atoms with E-state index in [1.165, 1.54) is 0 Å². The average molecular weight is 212 g/mol. The molecule has 1 fully saturated rings. The number of hydrogen-bond donors (Lipinski definition) is 1. The molecule has 15 heavy (non-hydrogen) atoms. The summed E-state index contributed by atoms with van der Waals surface area (Å²) in [6, 6.07) is 0. The number of nitrogens with zero attached hydrogens (tertiary/aromatic N) is 4. The number of likely N-dealkylation sites (tertiary alicyclic amines) is 1. The summed E-state index contributed by atoms with van der Waals surface area (Å²) in [5.41, 5.74) is 8.10. The summed E-state index contributed by atoms with van der Waals surface area (Å²) in [4.78, 5) is 15.7. The third kappa shape index (κ3) is 3.42. The monoisotopic (exact) mass is 212 g/mol. The van der Waals surface area contributed by atoms with Gasteiger partial charge in [-0.1, -0.05) is 5.11 Å². The molecular weight excluding hydrogens is 196 g/mol. The smallest absolute Gasteiger partial charge is 0.228 e. The summed E-state index contributed by atoms with van der Waals surface area (Å²) in [6.45, 7) is 2.88. The van der Waals surface area contributed by atoms with Crippen LogP contribution < -0.4 is 0 Å². The van der Waals surface area contributed by atoms with Crippen molar-refractivity contribution in [2.75, 3.05) is 19.6 Å². The Morgan fingerprint density at radius 2 is 2.53 bits per heavy atom. The lowest BCUT2D eigenvalue weighted by Gasteiger charge is -2.33.